The van der Waals surface area contributed by atoms with E-state index in [0.717, 1.165) is 96.1 Å². The van der Waals surface area contributed by atoms with Crippen LogP contribution in [-0.2, 0) is 4.74 Å². The molecule has 6 aliphatic carbocycles. The monoisotopic (exact) mass is 931 g/mol. The maximum Gasteiger partial charge on any atom is 0.0468 e. The molecule has 0 bridgehead atoms. The molecule has 1 nitrogen and oxygen atoms in total. The summed E-state index contributed by atoms with van der Waals surface area (Å²) >= 11 is 0. The number of rotatable bonds is 32. The van der Waals surface area contributed by atoms with Crippen molar-refractivity contribution in [2.45, 2.75) is 323 Å². The Morgan fingerprint density at radius 3 is 0.791 bits per heavy atom. The summed E-state index contributed by atoms with van der Waals surface area (Å²) < 4.78 is 6.98. The molecule has 6 rings (SSSR count). The van der Waals surface area contributed by atoms with E-state index in [1.807, 2.05) is 0 Å². The van der Waals surface area contributed by atoms with E-state index < -0.39 is 0 Å². The van der Waals surface area contributed by atoms with E-state index in [9.17, 15) is 0 Å². The van der Waals surface area contributed by atoms with Gasteiger partial charge in [0.1, 0.15) is 0 Å². The summed E-state index contributed by atoms with van der Waals surface area (Å²) in [5.41, 5.74) is 0. The van der Waals surface area contributed by atoms with Crippen LogP contribution in [0.1, 0.15) is 323 Å². The third kappa shape index (κ3) is 20.1. The van der Waals surface area contributed by atoms with Crippen LogP contribution in [0, 0.1) is 82.9 Å². The van der Waals surface area contributed by atoms with Crippen LogP contribution in [0.15, 0.2) is 0 Å². The zero-order valence-electron chi connectivity index (χ0n) is 46.4. The Bertz CT molecular complexity index is 1050. The molecule has 0 aliphatic heterocycles. The largest absolute Gasteiger partial charge is 0.381 e. The van der Waals surface area contributed by atoms with Crippen molar-refractivity contribution in [3.8, 4) is 0 Å². The van der Waals surface area contributed by atoms with Gasteiger partial charge >= 0.3 is 0 Å². The van der Waals surface area contributed by atoms with E-state index >= 15 is 0 Å². The molecule has 67 heavy (non-hydrogen) atoms. The van der Waals surface area contributed by atoms with Gasteiger partial charge in [-0.25, -0.2) is 0 Å². The Hall–Kier alpha value is -0.0400. The third-order valence-electron chi connectivity index (χ3n) is 22.0. The van der Waals surface area contributed by atoms with Gasteiger partial charge in [0, 0.05) is 13.2 Å². The summed E-state index contributed by atoms with van der Waals surface area (Å²) in [7, 11) is 0. The summed E-state index contributed by atoms with van der Waals surface area (Å²) in [5.74, 6) is 14.2. The first-order valence-corrected chi connectivity index (χ1v) is 32.7. The van der Waals surface area contributed by atoms with E-state index in [0.29, 0.717) is 0 Å². The predicted octanol–water partition coefficient (Wildman–Crippen LogP) is 21.7. The zero-order valence-corrected chi connectivity index (χ0v) is 46.4. The van der Waals surface area contributed by atoms with E-state index in [2.05, 4.69) is 27.7 Å². The third-order valence-corrected chi connectivity index (χ3v) is 22.0. The molecular weight excluding hydrogens is 809 g/mol. The molecule has 0 N–H and O–H groups in total. The summed E-state index contributed by atoms with van der Waals surface area (Å²) in [4.78, 5) is 0. The molecule has 6 fully saturated rings. The fourth-order valence-corrected chi connectivity index (χ4v) is 17.5. The Kier molecular flexibility index (Phi) is 28.2. The molecule has 2 unspecified atom stereocenters. The Labute approximate surface area is 422 Å². The SMILES string of the molecule is CCCCCCC[C@H]1CC[C@H]([C@H]2CC[C@H](C(CCOCCC([C@H]3CC[C@H](CCCCC)CC3)[C@H]3CC[C@H]([C@H]4CC[C@H](CCCCCCC)CC4)CC3)[C@H]3CC[C@H](CCCCC)CC3)CC2)CC1. The van der Waals surface area contributed by atoms with Crippen LogP contribution in [-0.4, -0.2) is 13.2 Å². The van der Waals surface area contributed by atoms with E-state index in [-0.39, 0.29) is 0 Å². The van der Waals surface area contributed by atoms with Crippen molar-refractivity contribution >= 4 is 0 Å². The van der Waals surface area contributed by atoms with Gasteiger partial charge in [0.05, 0.1) is 0 Å². The Morgan fingerprint density at radius 1 is 0.269 bits per heavy atom. The minimum absolute atomic E-state index is 0.941. The second kappa shape index (κ2) is 33.6. The lowest BCUT2D eigenvalue weighted by Crippen LogP contribution is -2.34. The van der Waals surface area contributed by atoms with Crippen LogP contribution in [0.3, 0.4) is 0 Å². The predicted molar refractivity (Wildman–Crippen MR) is 295 cm³/mol. The lowest BCUT2D eigenvalue weighted by atomic mass is 9.63. The van der Waals surface area contributed by atoms with Gasteiger partial charge < -0.3 is 4.74 Å². The second-order valence-electron chi connectivity index (χ2n) is 26.4. The topological polar surface area (TPSA) is 9.23 Å². The smallest absolute Gasteiger partial charge is 0.0468 e. The lowest BCUT2D eigenvalue weighted by molar-refractivity contribution is 0.0302. The Morgan fingerprint density at radius 2 is 0.493 bits per heavy atom. The van der Waals surface area contributed by atoms with Crippen molar-refractivity contribution in [3.63, 3.8) is 0 Å². The molecule has 0 radical (unpaired) electrons. The summed E-state index contributed by atoms with van der Waals surface area (Å²) in [6.07, 6.45) is 69.3. The van der Waals surface area contributed by atoms with E-state index in [4.69, 9.17) is 4.74 Å². The van der Waals surface area contributed by atoms with Crippen molar-refractivity contribution in [1.82, 2.24) is 0 Å². The summed E-state index contributed by atoms with van der Waals surface area (Å²) in [5, 5.41) is 0. The molecule has 0 saturated heterocycles. The van der Waals surface area contributed by atoms with Gasteiger partial charge in [0.2, 0.25) is 0 Å². The molecule has 0 spiro atoms. The second-order valence-corrected chi connectivity index (χ2v) is 26.4. The van der Waals surface area contributed by atoms with E-state index in [1.165, 1.54) is 193 Å². The van der Waals surface area contributed by atoms with Gasteiger partial charge in [-0.1, -0.05) is 207 Å². The molecule has 0 heterocycles. The van der Waals surface area contributed by atoms with Gasteiger partial charge in [-0.05, 0) is 198 Å². The molecule has 0 aromatic rings. The van der Waals surface area contributed by atoms with Crippen molar-refractivity contribution < 1.29 is 4.74 Å². The van der Waals surface area contributed by atoms with Crippen molar-refractivity contribution in [3.05, 3.63) is 0 Å². The van der Waals surface area contributed by atoms with Gasteiger partial charge in [-0.15, -0.1) is 0 Å². The molecule has 2 atom stereocenters. The highest BCUT2D eigenvalue weighted by Gasteiger charge is 2.39. The van der Waals surface area contributed by atoms with Gasteiger partial charge in [0.25, 0.3) is 0 Å². The van der Waals surface area contributed by atoms with Gasteiger partial charge in [0.15, 0.2) is 0 Å². The van der Waals surface area contributed by atoms with E-state index in [1.54, 1.807) is 103 Å². The van der Waals surface area contributed by atoms with Crippen molar-refractivity contribution in [2.75, 3.05) is 13.2 Å². The van der Waals surface area contributed by atoms with Crippen molar-refractivity contribution in [1.29, 1.82) is 0 Å². The highest BCUT2D eigenvalue weighted by atomic mass is 16.5. The first-order valence-electron chi connectivity index (χ1n) is 32.7. The van der Waals surface area contributed by atoms with Crippen LogP contribution < -0.4 is 0 Å². The summed E-state index contributed by atoms with van der Waals surface area (Å²) in [6.45, 7) is 11.6. The standard InChI is InChI=1S/C66H122O/c1-5-9-13-15-19-23-55-25-33-57(34-26-55)59-41-45-63(46-42-59)65(61-37-29-53(30-38-61)21-17-11-7-3)49-51-67-52-50-66(62-39-31-54(32-40-62)22-18-12-8-4)64-47-43-60(44-48-64)58-35-27-56(28-36-58)24-20-16-14-10-6-2/h53-66H,5-52H2,1-4H3/t53-,54-,55-,56-,57-,58-,59-,60-,61-,62-,63-,64-,65?,66?. The molecule has 0 aromatic heterocycles. The van der Waals surface area contributed by atoms with Crippen LogP contribution in [0.4, 0.5) is 0 Å². The van der Waals surface area contributed by atoms with Crippen LogP contribution >= 0.6 is 0 Å². The number of hydrogen-bond donors (Lipinski definition) is 0. The number of ether oxygens (including phenoxy) is 1. The minimum Gasteiger partial charge on any atom is -0.381 e. The quantitative estimate of drug-likeness (QED) is 0.0611. The zero-order chi connectivity index (χ0) is 46.7. The van der Waals surface area contributed by atoms with Gasteiger partial charge in [-0.2, -0.15) is 0 Å². The van der Waals surface area contributed by atoms with Gasteiger partial charge in [-0.3, -0.25) is 0 Å². The highest BCUT2D eigenvalue weighted by molar-refractivity contribution is 4.90. The maximum atomic E-state index is 6.98. The average molecular weight is 932 g/mol. The Balaban J connectivity index is 0.967. The fourth-order valence-electron chi connectivity index (χ4n) is 17.5. The first-order chi connectivity index (χ1) is 33.1. The maximum absolute atomic E-state index is 6.98. The molecule has 1 heteroatoms. The normalized spacial score (nSPS) is 34.2. The molecule has 6 saturated carbocycles. The van der Waals surface area contributed by atoms with Crippen LogP contribution in [0.5, 0.6) is 0 Å². The molecular formula is C66H122O. The fraction of sp³-hybridized carbons (Fsp3) is 1.00. The van der Waals surface area contributed by atoms with Crippen LogP contribution in [0.25, 0.3) is 0 Å². The number of hydrogen-bond acceptors (Lipinski definition) is 1. The minimum atomic E-state index is 0.941. The molecule has 0 amide bonds. The first kappa shape index (κ1) is 56.3. The molecule has 6 aliphatic rings. The summed E-state index contributed by atoms with van der Waals surface area (Å²) in [6, 6.07) is 0. The molecule has 0 aromatic carbocycles. The average Bonchev–Trinajstić information content (AvgIpc) is 3.37. The lowest BCUT2D eigenvalue weighted by Gasteiger charge is -2.43. The highest BCUT2D eigenvalue weighted by Crippen LogP contribution is 2.50. The number of unbranched alkanes of at least 4 members (excludes halogenated alkanes) is 12. The molecule has 392 valence electrons. The van der Waals surface area contributed by atoms with Crippen molar-refractivity contribution in [2.24, 2.45) is 82.9 Å². The van der Waals surface area contributed by atoms with Crippen LogP contribution in [0.2, 0.25) is 0 Å².